The van der Waals surface area contributed by atoms with Crippen LogP contribution in [-0.4, -0.2) is 68.1 Å². The van der Waals surface area contributed by atoms with Crippen molar-refractivity contribution in [3.05, 3.63) is 70.7 Å². The first kappa shape index (κ1) is 29.5. The average molecular weight is 602 g/mol. The molecule has 3 unspecified atom stereocenters. The third-order valence-corrected chi connectivity index (χ3v) is 7.74. The Labute approximate surface area is 245 Å². The number of aldehydes is 1. The number of rotatable bonds is 11. The number of benzene rings is 1. The number of amides is 1. The lowest BCUT2D eigenvalue weighted by Gasteiger charge is -2.38. The fraction of sp³-hybridized carbons (Fsp3) is 0.379. The van der Waals surface area contributed by atoms with E-state index in [0.717, 1.165) is 28.1 Å². The van der Waals surface area contributed by atoms with Crippen LogP contribution in [0.25, 0.3) is 5.57 Å². The maximum Gasteiger partial charge on any atom is 0.487 e. The third-order valence-electron chi connectivity index (χ3n) is 7.67. The molecule has 2 heterocycles. The van der Waals surface area contributed by atoms with E-state index in [4.69, 9.17) is 11.6 Å². The Morgan fingerprint density at radius 1 is 1.29 bits per heavy atom. The highest BCUT2D eigenvalue weighted by molar-refractivity contribution is 6.20. The number of aromatic nitrogens is 2. The number of hydrogen-bond acceptors (Lipinski definition) is 7. The van der Waals surface area contributed by atoms with Crippen molar-refractivity contribution in [2.24, 2.45) is 0 Å². The van der Waals surface area contributed by atoms with E-state index in [1.54, 1.807) is 6.20 Å². The summed E-state index contributed by atoms with van der Waals surface area (Å²) in [6.45, 7) is 4.13. The Bertz CT molecular complexity index is 1460. The zero-order chi connectivity index (χ0) is 30.2. The molecule has 1 aromatic carbocycles. The number of fused-ring (bicyclic) bond motifs is 2. The molecule has 3 atom stereocenters. The lowest BCUT2D eigenvalue weighted by atomic mass is 9.88. The average Bonchev–Trinajstić information content (AvgIpc) is 3.66. The maximum absolute atomic E-state index is 13.5. The van der Waals surface area contributed by atoms with Gasteiger partial charge in [-0.2, -0.15) is 5.10 Å². The SMILES string of the molecule is CC(C)N1C2=C(c3ccn[nH]3)C=C(C(=O)Nc3ccc(OC(F)(F)Cl)cc3)CC2=C2CCC(NC(CC=O)C(=O)O)C21. The highest BCUT2D eigenvalue weighted by Crippen LogP contribution is 2.51. The fourth-order valence-electron chi connectivity index (χ4n) is 6.04. The normalized spacial score (nSPS) is 20.8. The van der Waals surface area contributed by atoms with E-state index in [1.165, 1.54) is 24.3 Å². The summed E-state index contributed by atoms with van der Waals surface area (Å²) >= 11 is 4.83. The molecule has 1 saturated carbocycles. The van der Waals surface area contributed by atoms with Gasteiger partial charge in [0.15, 0.2) is 0 Å². The van der Waals surface area contributed by atoms with Crippen molar-refractivity contribution in [3.8, 4) is 5.75 Å². The Balaban J connectivity index is 1.48. The molecular formula is C29H30ClF2N5O5. The number of carbonyl (C=O) groups is 3. The van der Waals surface area contributed by atoms with Crippen molar-refractivity contribution < 1.29 is 33.0 Å². The van der Waals surface area contributed by atoms with Gasteiger partial charge in [0.1, 0.15) is 18.1 Å². The molecule has 0 saturated heterocycles. The van der Waals surface area contributed by atoms with Crippen molar-refractivity contribution in [2.75, 3.05) is 5.32 Å². The van der Waals surface area contributed by atoms with Crippen molar-refractivity contribution >= 4 is 41.0 Å². The largest absolute Gasteiger partial charge is 0.487 e. The number of halogens is 3. The number of alkyl halides is 3. The van der Waals surface area contributed by atoms with E-state index in [1.807, 2.05) is 12.1 Å². The monoisotopic (exact) mass is 601 g/mol. The summed E-state index contributed by atoms with van der Waals surface area (Å²) in [5, 5.41) is 22.8. The Hall–Kier alpha value is -4.03. The van der Waals surface area contributed by atoms with Crippen LogP contribution in [0, 0.1) is 0 Å². The minimum atomic E-state index is -3.85. The molecular weight excluding hydrogens is 572 g/mol. The zero-order valence-electron chi connectivity index (χ0n) is 22.9. The molecule has 1 amide bonds. The molecule has 0 spiro atoms. The summed E-state index contributed by atoms with van der Waals surface area (Å²) in [6.07, 6.45) is 5.65. The molecule has 0 bridgehead atoms. The number of nitrogens with zero attached hydrogens (tertiary/aromatic N) is 2. The summed E-state index contributed by atoms with van der Waals surface area (Å²) in [5.74, 6) is -1.59. The minimum Gasteiger partial charge on any atom is -0.480 e. The van der Waals surface area contributed by atoms with Gasteiger partial charge in [0.25, 0.3) is 5.91 Å². The van der Waals surface area contributed by atoms with Gasteiger partial charge in [0.05, 0.1) is 17.4 Å². The number of aliphatic carboxylic acids is 1. The van der Waals surface area contributed by atoms with Crippen molar-refractivity contribution in [1.82, 2.24) is 20.4 Å². The van der Waals surface area contributed by atoms with E-state index in [-0.39, 0.29) is 36.2 Å². The quantitative estimate of drug-likeness (QED) is 0.219. The number of hydrogen-bond donors (Lipinski definition) is 4. The predicted octanol–water partition coefficient (Wildman–Crippen LogP) is 4.44. The van der Waals surface area contributed by atoms with Crippen molar-refractivity contribution in [3.63, 3.8) is 0 Å². The molecule has 1 aromatic heterocycles. The molecule has 10 nitrogen and oxygen atoms in total. The predicted molar refractivity (Wildman–Crippen MR) is 151 cm³/mol. The molecule has 42 heavy (non-hydrogen) atoms. The molecule has 3 aliphatic rings. The smallest absolute Gasteiger partial charge is 0.480 e. The highest BCUT2D eigenvalue weighted by Gasteiger charge is 2.48. The molecule has 0 radical (unpaired) electrons. The molecule has 4 N–H and O–H groups in total. The van der Waals surface area contributed by atoms with Gasteiger partial charge in [0.2, 0.25) is 0 Å². The topological polar surface area (TPSA) is 137 Å². The summed E-state index contributed by atoms with van der Waals surface area (Å²) < 4.78 is 30.2. The van der Waals surface area contributed by atoms with Crippen LogP contribution >= 0.6 is 11.6 Å². The number of aromatic amines is 1. The van der Waals surface area contributed by atoms with Gasteiger partial charge in [0, 0.05) is 59.6 Å². The number of anilines is 1. The van der Waals surface area contributed by atoms with Crippen LogP contribution in [0.4, 0.5) is 14.5 Å². The van der Waals surface area contributed by atoms with Gasteiger partial charge in [-0.25, -0.2) is 0 Å². The zero-order valence-corrected chi connectivity index (χ0v) is 23.6. The van der Waals surface area contributed by atoms with Crippen molar-refractivity contribution in [1.29, 1.82) is 0 Å². The first-order valence-corrected chi connectivity index (χ1v) is 13.9. The summed E-state index contributed by atoms with van der Waals surface area (Å²) in [5.41, 5.74) is 1.62. The molecule has 5 rings (SSSR count). The number of ether oxygens (including phenoxy) is 1. The summed E-state index contributed by atoms with van der Waals surface area (Å²) in [6, 6.07) is 5.94. The summed E-state index contributed by atoms with van der Waals surface area (Å²) in [4.78, 5) is 38.7. The number of carboxylic acids is 1. The minimum absolute atomic E-state index is 0.0389. The van der Waals surface area contributed by atoms with E-state index in [9.17, 15) is 28.3 Å². The highest BCUT2D eigenvalue weighted by atomic mass is 35.5. The van der Waals surface area contributed by atoms with Crippen LogP contribution in [0.15, 0.2) is 65.0 Å². The van der Waals surface area contributed by atoms with Gasteiger partial charge >= 0.3 is 11.5 Å². The molecule has 222 valence electrons. The molecule has 13 heteroatoms. The second-order valence-corrected chi connectivity index (χ2v) is 11.1. The number of carbonyl (C=O) groups excluding carboxylic acids is 2. The first-order chi connectivity index (χ1) is 20.0. The van der Waals surface area contributed by atoms with Gasteiger partial charge in [-0.15, -0.1) is 8.78 Å². The number of carboxylic acid groups (broad SMARTS) is 1. The van der Waals surface area contributed by atoms with Gasteiger partial charge in [-0.3, -0.25) is 20.0 Å². The van der Waals surface area contributed by atoms with Crippen molar-refractivity contribution in [2.45, 2.75) is 69.3 Å². The number of allylic oxidation sites excluding steroid dienone is 3. The Morgan fingerprint density at radius 3 is 2.62 bits per heavy atom. The fourth-order valence-corrected chi connectivity index (χ4v) is 6.13. The van der Waals surface area contributed by atoms with Crippen LogP contribution in [-0.2, 0) is 14.4 Å². The first-order valence-electron chi connectivity index (χ1n) is 13.5. The molecule has 1 aliphatic heterocycles. The van der Waals surface area contributed by atoms with Crippen LogP contribution in [0.2, 0.25) is 0 Å². The van der Waals surface area contributed by atoms with E-state index >= 15 is 0 Å². The van der Waals surface area contributed by atoms with Gasteiger partial charge in [-0.05, 0) is 74.2 Å². The van der Waals surface area contributed by atoms with Crippen LogP contribution in [0.5, 0.6) is 5.75 Å². The third kappa shape index (κ3) is 5.95. The van der Waals surface area contributed by atoms with Crippen LogP contribution in [0.3, 0.4) is 0 Å². The van der Waals surface area contributed by atoms with E-state index < -0.39 is 17.6 Å². The van der Waals surface area contributed by atoms with Gasteiger partial charge in [-0.1, -0.05) is 0 Å². The van der Waals surface area contributed by atoms with Gasteiger partial charge < -0.3 is 24.9 Å². The number of H-pyrrole nitrogens is 1. The standard InChI is InChI=1S/C29H30ClF2N5O5/c1-15(2)37-25-20(19-7-8-23(26(19)37)35-24(10-12-38)28(40)41)13-16(14-21(25)22-9-11-33-36-22)27(39)34-17-3-5-18(6-4-17)42-29(30,31)32/h3-6,9,11-12,14-15,23-24,26,35H,7-8,10,13H2,1-2H3,(H,33,36)(H,34,39)(H,40,41). The maximum atomic E-state index is 13.5. The van der Waals surface area contributed by atoms with Crippen LogP contribution in [0.1, 0.15) is 45.2 Å². The summed E-state index contributed by atoms with van der Waals surface area (Å²) in [7, 11) is 0. The molecule has 1 fully saturated rings. The second-order valence-electron chi connectivity index (χ2n) is 10.7. The lowest BCUT2D eigenvalue weighted by molar-refractivity contribution is -0.140. The Morgan fingerprint density at radius 2 is 2.02 bits per heavy atom. The second kappa shape index (κ2) is 11.7. The molecule has 2 aromatic rings. The lowest BCUT2D eigenvalue weighted by Crippen LogP contribution is -2.52. The van der Waals surface area contributed by atoms with E-state index in [0.29, 0.717) is 36.8 Å². The number of nitrogens with one attached hydrogen (secondary N) is 3. The Kier molecular flexibility index (Phi) is 8.20. The molecule has 2 aliphatic carbocycles. The van der Waals surface area contributed by atoms with E-state index in [2.05, 4.69) is 44.3 Å². The van der Waals surface area contributed by atoms with Crippen LogP contribution < -0.4 is 15.4 Å².